The van der Waals surface area contributed by atoms with Crippen molar-refractivity contribution in [1.29, 1.82) is 0 Å². The van der Waals surface area contributed by atoms with Gasteiger partial charge in [0.05, 0.1) is 10.7 Å². The topological polar surface area (TPSA) is 50.7 Å². The van der Waals surface area contributed by atoms with Crippen LogP contribution < -0.4 is 10.2 Å². The minimum absolute atomic E-state index is 0.310. The number of carbonyl (C=O) groups excluding carboxylic acids is 1. The van der Waals surface area contributed by atoms with Crippen molar-refractivity contribution in [2.24, 2.45) is 5.10 Å². The molecule has 0 aromatic heterocycles. The van der Waals surface area contributed by atoms with Gasteiger partial charge in [0.2, 0.25) is 0 Å². The number of carbonyl (C=O) groups is 1. The zero-order valence-corrected chi connectivity index (χ0v) is 17.6. The molecule has 3 aromatic carbocycles. The number of ether oxygens (including phenoxy) is 1. The van der Waals surface area contributed by atoms with E-state index in [2.05, 4.69) is 26.5 Å². The quantitative estimate of drug-likeness (QED) is 0.344. The predicted molar refractivity (Wildman–Crippen MR) is 116 cm³/mol. The van der Waals surface area contributed by atoms with Gasteiger partial charge in [-0.05, 0) is 81.7 Å². The normalized spacial score (nSPS) is 10.8. The van der Waals surface area contributed by atoms with Gasteiger partial charge in [-0.2, -0.15) is 5.10 Å². The van der Waals surface area contributed by atoms with Crippen LogP contribution in [-0.4, -0.2) is 12.1 Å². The molecule has 0 radical (unpaired) electrons. The van der Waals surface area contributed by atoms with Crippen LogP contribution in [0.25, 0.3) is 0 Å². The fraction of sp³-hybridized carbons (Fsp3) is 0.0476. The Morgan fingerprint density at radius 2 is 1.64 bits per heavy atom. The summed E-state index contributed by atoms with van der Waals surface area (Å²) in [4.78, 5) is 12.0. The standard InChI is InChI=1S/C21H15BrCl2N2O2/c22-19-11-15(12-25-26-21(27)16-4-8-18(24)9-5-16)3-10-20(19)28-13-14-1-6-17(23)7-2-14/h1-12H,13H2,(H,26,27)/b25-12-. The van der Waals surface area contributed by atoms with Crippen LogP contribution in [0.3, 0.4) is 0 Å². The zero-order chi connectivity index (χ0) is 19.9. The van der Waals surface area contributed by atoms with Crippen LogP contribution in [0.1, 0.15) is 21.5 Å². The third-order valence-corrected chi connectivity index (χ3v) is 4.87. The van der Waals surface area contributed by atoms with E-state index in [1.54, 1.807) is 30.5 Å². The summed E-state index contributed by atoms with van der Waals surface area (Å²) in [6.45, 7) is 0.431. The number of hydrogen-bond donors (Lipinski definition) is 1. The highest BCUT2D eigenvalue weighted by molar-refractivity contribution is 9.10. The van der Waals surface area contributed by atoms with E-state index in [-0.39, 0.29) is 5.91 Å². The van der Waals surface area contributed by atoms with Crippen LogP contribution in [0.5, 0.6) is 5.75 Å². The fourth-order valence-electron chi connectivity index (χ4n) is 2.29. The first-order valence-electron chi connectivity index (χ1n) is 8.27. The van der Waals surface area contributed by atoms with Gasteiger partial charge in [0.25, 0.3) is 5.91 Å². The second-order valence-corrected chi connectivity index (χ2v) is 7.54. The largest absolute Gasteiger partial charge is 0.488 e. The van der Waals surface area contributed by atoms with Crippen molar-refractivity contribution in [3.05, 3.63) is 97.9 Å². The Kier molecular flexibility index (Phi) is 7.09. The van der Waals surface area contributed by atoms with Gasteiger partial charge in [-0.15, -0.1) is 0 Å². The van der Waals surface area contributed by atoms with Crippen molar-refractivity contribution in [3.63, 3.8) is 0 Å². The Bertz CT molecular complexity index is 990. The summed E-state index contributed by atoms with van der Waals surface area (Å²) in [5.74, 6) is 0.396. The Morgan fingerprint density at radius 3 is 2.29 bits per heavy atom. The van der Waals surface area contributed by atoms with Gasteiger partial charge in [-0.1, -0.05) is 35.3 Å². The highest BCUT2D eigenvalue weighted by Gasteiger charge is 2.05. The maximum atomic E-state index is 12.0. The van der Waals surface area contributed by atoms with Gasteiger partial charge in [0.1, 0.15) is 12.4 Å². The molecular weight excluding hydrogens is 463 g/mol. The van der Waals surface area contributed by atoms with Crippen molar-refractivity contribution >= 4 is 51.3 Å². The molecular formula is C21H15BrCl2N2O2. The second-order valence-electron chi connectivity index (χ2n) is 5.81. The Labute approximate surface area is 181 Å². The molecule has 1 amide bonds. The molecule has 0 unspecified atom stereocenters. The van der Waals surface area contributed by atoms with Crippen molar-refractivity contribution < 1.29 is 9.53 Å². The summed E-state index contributed by atoms with van der Waals surface area (Å²) >= 11 is 15.2. The third-order valence-electron chi connectivity index (χ3n) is 3.75. The monoisotopic (exact) mass is 476 g/mol. The molecule has 0 aliphatic rings. The van der Waals surface area contributed by atoms with Crippen LogP contribution in [0.2, 0.25) is 10.0 Å². The van der Waals surface area contributed by atoms with E-state index in [1.807, 2.05) is 42.5 Å². The molecule has 7 heteroatoms. The molecule has 0 aliphatic heterocycles. The molecule has 28 heavy (non-hydrogen) atoms. The van der Waals surface area contributed by atoms with Gasteiger partial charge < -0.3 is 4.74 Å². The van der Waals surface area contributed by atoms with Gasteiger partial charge in [0.15, 0.2) is 0 Å². The molecule has 0 heterocycles. The Morgan fingerprint density at radius 1 is 1.00 bits per heavy atom. The van der Waals surface area contributed by atoms with Crippen molar-refractivity contribution in [3.8, 4) is 5.75 Å². The summed E-state index contributed by atoms with van der Waals surface area (Å²) in [5.41, 5.74) is 4.79. The van der Waals surface area contributed by atoms with Crippen LogP contribution in [0, 0.1) is 0 Å². The van der Waals surface area contributed by atoms with E-state index < -0.39 is 0 Å². The molecule has 0 saturated carbocycles. The molecule has 0 spiro atoms. The molecule has 3 aromatic rings. The number of benzene rings is 3. The smallest absolute Gasteiger partial charge is 0.271 e. The number of hydrogen-bond acceptors (Lipinski definition) is 3. The summed E-state index contributed by atoms with van der Waals surface area (Å²) in [6.07, 6.45) is 1.56. The zero-order valence-electron chi connectivity index (χ0n) is 14.5. The number of amides is 1. The molecule has 0 saturated heterocycles. The molecule has 4 nitrogen and oxygen atoms in total. The number of hydrazone groups is 1. The number of nitrogens with one attached hydrogen (secondary N) is 1. The van der Waals surface area contributed by atoms with E-state index in [4.69, 9.17) is 27.9 Å². The first-order valence-corrected chi connectivity index (χ1v) is 9.82. The molecule has 0 aliphatic carbocycles. The fourth-order valence-corrected chi connectivity index (χ4v) is 3.05. The lowest BCUT2D eigenvalue weighted by molar-refractivity contribution is 0.0955. The van der Waals surface area contributed by atoms with E-state index in [1.165, 1.54) is 0 Å². The molecule has 0 bridgehead atoms. The Balaban J connectivity index is 1.57. The highest BCUT2D eigenvalue weighted by atomic mass is 79.9. The Hall–Kier alpha value is -2.34. The van der Waals surface area contributed by atoms with Crippen LogP contribution in [-0.2, 0) is 6.61 Å². The summed E-state index contributed by atoms with van der Waals surface area (Å²) in [5, 5.41) is 5.25. The van der Waals surface area contributed by atoms with Gasteiger partial charge in [-0.3, -0.25) is 4.79 Å². The summed E-state index contributed by atoms with van der Waals surface area (Å²) in [7, 11) is 0. The lowest BCUT2D eigenvalue weighted by Gasteiger charge is -2.09. The van der Waals surface area contributed by atoms with E-state index in [0.29, 0.717) is 28.0 Å². The van der Waals surface area contributed by atoms with Crippen molar-refractivity contribution in [2.45, 2.75) is 6.61 Å². The van der Waals surface area contributed by atoms with Crippen molar-refractivity contribution in [1.82, 2.24) is 5.43 Å². The van der Waals surface area contributed by atoms with Gasteiger partial charge in [0, 0.05) is 15.6 Å². The molecule has 0 atom stereocenters. The molecule has 0 fully saturated rings. The predicted octanol–water partition coefficient (Wildman–Crippen LogP) is 6.10. The summed E-state index contributed by atoms with van der Waals surface area (Å²) < 4.78 is 6.60. The second kappa shape index (κ2) is 9.73. The van der Waals surface area contributed by atoms with Crippen LogP contribution in [0.15, 0.2) is 76.3 Å². The first kappa shape index (κ1) is 20.4. The highest BCUT2D eigenvalue weighted by Crippen LogP contribution is 2.26. The van der Waals surface area contributed by atoms with Gasteiger partial charge >= 0.3 is 0 Å². The summed E-state index contributed by atoms with van der Waals surface area (Å²) in [6, 6.07) is 19.6. The van der Waals surface area contributed by atoms with Crippen LogP contribution in [0.4, 0.5) is 0 Å². The molecule has 142 valence electrons. The number of halogens is 3. The van der Waals surface area contributed by atoms with Crippen molar-refractivity contribution in [2.75, 3.05) is 0 Å². The van der Waals surface area contributed by atoms with E-state index >= 15 is 0 Å². The third kappa shape index (κ3) is 5.83. The SMILES string of the molecule is O=C(N/N=C\c1ccc(OCc2ccc(Cl)cc2)c(Br)c1)c1ccc(Cl)cc1. The van der Waals surface area contributed by atoms with Gasteiger partial charge in [-0.25, -0.2) is 5.43 Å². The molecule has 1 N–H and O–H groups in total. The average Bonchev–Trinajstić information content (AvgIpc) is 2.69. The lowest BCUT2D eigenvalue weighted by Crippen LogP contribution is -2.17. The van der Waals surface area contributed by atoms with Crippen LogP contribution >= 0.6 is 39.1 Å². The maximum absolute atomic E-state index is 12.0. The average molecular weight is 478 g/mol. The maximum Gasteiger partial charge on any atom is 0.271 e. The minimum Gasteiger partial charge on any atom is -0.488 e. The molecule has 3 rings (SSSR count). The first-order chi connectivity index (χ1) is 13.5. The number of rotatable bonds is 6. The minimum atomic E-state index is -0.310. The van der Waals surface area contributed by atoms with E-state index in [0.717, 1.165) is 15.6 Å². The van der Waals surface area contributed by atoms with E-state index in [9.17, 15) is 4.79 Å². The lowest BCUT2D eigenvalue weighted by atomic mass is 10.2. The number of nitrogens with zero attached hydrogens (tertiary/aromatic N) is 1.